The zero-order chi connectivity index (χ0) is 19.0. The predicted octanol–water partition coefficient (Wildman–Crippen LogP) is 1.29. The first-order valence-corrected chi connectivity index (χ1v) is 8.85. The fraction of sp³-hybridized carbons (Fsp3) is 0.312. The Hall–Kier alpha value is -2.10. The summed E-state index contributed by atoms with van der Waals surface area (Å²) in [5, 5.41) is 10.9. The van der Waals surface area contributed by atoms with Crippen molar-refractivity contribution in [1.82, 2.24) is 18.7 Å². The molecule has 138 valence electrons. The lowest BCUT2D eigenvalue weighted by molar-refractivity contribution is 0.0928. The van der Waals surface area contributed by atoms with Crippen LogP contribution >= 0.6 is 27.5 Å². The maximum Gasteiger partial charge on any atom is 0.332 e. The van der Waals surface area contributed by atoms with Crippen LogP contribution in [-0.2, 0) is 20.6 Å². The van der Waals surface area contributed by atoms with Gasteiger partial charge in [-0.25, -0.2) is 9.78 Å². The van der Waals surface area contributed by atoms with E-state index in [9.17, 15) is 14.7 Å². The van der Waals surface area contributed by atoms with Gasteiger partial charge in [-0.05, 0) is 40.2 Å². The number of halogens is 2. The molecule has 0 aliphatic heterocycles. The largest absolute Gasteiger partial charge is 0.491 e. The van der Waals surface area contributed by atoms with Gasteiger partial charge in [0.1, 0.15) is 18.5 Å². The van der Waals surface area contributed by atoms with Gasteiger partial charge in [0.25, 0.3) is 5.56 Å². The third-order valence-electron chi connectivity index (χ3n) is 3.95. The first-order valence-electron chi connectivity index (χ1n) is 7.67. The van der Waals surface area contributed by atoms with Crippen LogP contribution in [0.15, 0.2) is 38.6 Å². The molecule has 1 unspecified atom stereocenters. The van der Waals surface area contributed by atoms with E-state index in [1.165, 1.54) is 23.2 Å². The van der Waals surface area contributed by atoms with Gasteiger partial charge < -0.3 is 14.4 Å². The number of rotatable bonds is 5. The Morgan fingerprint density at radius 2 is 1.88 bits per heavy atom. The zero-order valence-electron chi connectivity index (χ0n) is 14.0. The number of aliphatic hydroxyl groups excluding tert-OH is 1. The summed E-state index contributed by atoms with van der Waals surface area (Å²) >= 11 is 9.10. The second-order valence-electron chi connectivity index (χ2n) is 5.79. The first-order chi connectivity index (χ1) is 12.3. The molecule has 1 aromatic carbocycles. The van der Waals surface area contributed by atoms with Crippen molar-refractivity contribution in [2.24, 2.45) is 14.1 Å². The van der Waals surface area contributed by atoms with Crippen LogP contribution in [0.2, 0.25) is 5.02 Å². The van der Waals surface area contributed by atoms with Crippen molar-refractivity contribution in [3.8, 4) is 5.75 Å². The average molecular weight is 444 g/mol. The van der Waals surface area contributed by atoms with Gasteiger partial charge in [0, 0.05) is 19.1 Å². The molecule has 0 saturated carbocycles. The quantitative estimate of drug-likeness (QED) is 0.600. The van der Waals surface area contributed by atoms with E-state index in [-0.39, 0.29) is 24.3 Å². The number of fused-ring (bicyclic) bond motifs is 1. The Labute approximate surface area is 161 Å². The molecule has 0 radical (unpaired) electrons. The molecule has 2 aromatic heterocycles. The zero-order valence-corrected chi connectivity index (χ0v) is 16.4. The topological polar surface area (TPSA) is 91.3 Å². The molecule has 0 amide bonds. The van der Waals surface area contributed by atoms with Crippen LogP contribution in [0.25, 0.3) is 11.2 Å². The highest BCUT2D eigenvalue weighted by Gasteiger charge is 2.20. The van der Waals surface area contributed by atoms with Gasteiger partial charge in [-0.1, -0.05) is 11.6 Å². The van der Waals surface area contributed by atoms with Crippen LogP contribution in [0.5, 0.6) is 5.75 Å². The monoisotopic (exact) mass is 442 g/mol. The molecule has 1 atom stereocenters. The Morgan fingerprint density at radius 1 is 1.23 bits per heavy atom. The minimum atomic E-state index is -0.902. The lowest BCUT2D eigenvalue weighted by atomic mass is 10.3. The summed E-state index contributed by atoms with van der Waals surface area (Å²) in [5.74, 6) is 0.571. The molecule has 3 aromatic rings. The SMILES string of the molecule is Cn1c(=O)c2c(nc(Br)n2CC(O)COc2ccc(Cl)cc2)n(C)c1=O. The molecular formula is C16H16BrClN4O4. The fourth-order valence-electron chi connectivity index (χ4n) is 2.57. The molecule has 0 bridgehead atoms. The minimum Gasteiger partial charge on any atom is -0.491 e. The van der Waals surface area contributed by atoms with E-state index in [1.54, 1.807) is 24.3 Å². The Balaban J connectivity index is 1.86. The van der Waals surface area contributed by atoms with E-state index in [1.807, 2.05) is 0 Å². The second-order valence-corrected chi connectivity index (χ2v) is 6.93. The molecule has 8 nitrogen and oxygen atoms in total. The number of aromatic nitrogens is 4. The lowest BCUT2D eigenvalue weighted by Crippen LogP contribution is -2.38. The second kappa shape index (κ2) is 7.26. The Bertz CT molecular complexity index is 1070. The number of hydrogen-bond donors (Lipinski definition) is 1. The summed E-state index contributed by atoms with van der Waals surface area (Å²) in [5.41, 5.74) is -0.471. The molecular weight excluding hydrogens is 428 g/mol. The smallest absolute Gasteiger partial charge is 0.332 e. The summed E-state index contributed by atoms with van der Waals surface area (Å²) in [6, 6.07) is 6.77. The fourth-order valence-corrected chi connectivity index (χ4v) is 3.19. The molecule has 0 spiro atoms. The lowest BCUT2D eigenvalue weighted by Gasteiger charge is -2.14. The van der Waals surface area contributed by atoms with Gasteiger partial charge in [0.05, 0.1) is 6.54 Å². The van der Waals surface area contributed by atoms with Crippen LogP contribution < -0.4 is 16.0 Å². The molecule has 3 rings (SSSR count). The van der Waals surface area contributed by atoms with Crippen LogP contribution in [0.1, 0.15) is 0 Å². The number of nitrogens with zero attached hydrogens (tertiary/aromatic N) is 4. The predicted molar refractivity (Wildman–Crippen MR) is 101 cm³/mol. The number of ether oxygens (including phenoxy) is 1. The third kappa shape index (κ3) is 3.42. The highest BCUT2D eigenvalue weighted by atomic mass is 79.9. The van der Waals surface area contributed by atoms with Crippen LogP contribution in [-0.4, -0.2) is 36.5 Å². The normalized spacial score (nSPS) is 12.5. The number of hydrogen-bond acceptors (Lipinski definition) is 5. The maximum absolute atomic E-state index is 12.5. The van der Waals surface area contributed by atoms with Crippen molar-refractivity contribution < 1.29 is 9.84 Å². The van der Waals surface area contributed by atoms with Gasteiger partial charge in [-0.3, -0.25) is 13.9 Å². The number of imidazole rings is 1. The van der Waals surface area contributed by atoms with E-state index in [0.29, 0.717) is 15.5 Å². The summed E-state index contributed by atoms with van der Waals surface area (Å²) in [7, 11) is 2.93. The van der Waals surface area contributed by atoms with Gasteiger partial charge >= 0.3 is 5.69 Å². The van der Waals surface area contributed by atoms with Crippen molar-refractivity contribution >= 4 is 38.7 Å². The molecule has 10 heteroatoms. The average Bonchev–Trinajstić information content (AvgIpc) is 2.94. The third-order valence-corrected chi connectivity index (χ3v) is 4.81. The number of benzene rings is 1. The van der Waals surface area contributed by atoms with E-state index < -0.39 is 17.4 Å². The van der Waals surface area contributed by atoms with Crippen molar-refractivity contribution in [1.29, 1.82) is 0 Å². The van der Waals surface area contributed by atoms with Crippen molar-refractivity contribution in [3.63, 3.8) is 0 Å². The van der Waals surface area contributed by atoms with Crippen LogP contribution in [0, 0.1) is 0 Å². The molecule has 0 aliphatic rings. The van der Waals surface area contributed by atoms with Gasteiger partial charge in [-0.2, -0.15) is 0 Å². The molecule has 0 fully saturated rings. The summed E-state index contributed by atoms with van der Waals surface area (Å²) < 4.78 is 9.68. The van der Waals surface area contributed by atoms with E-state index in [2.05, 4.69) is 20.9 Å². The molecule has 0 aliphatic carbocycles. The summed E-state index contributed by atoms with van der Waals surface area (Å²) in [4.78, 5) is 28.7. The summed E-state index contributed by atoms with van der Waals surface area (Å²) in [6.07, 6.45) is -0.902. The van der Waals surface area contributed by atoms with Crippen LogP contribution in [0.3, 0.4) is 0 Å². The van der Waals surface area contributed by atoms with Gasteiger partial charge in [-0.15, -0.1) is 0 Å². The van der Waals surface area contributed by atoms with E-state index in [4.69, 9.17) is 16.3 Å². The molecule has 0 saturated heterocycles. The van der Waals surface area contributed by atoms with Gasteiger partial charge in [0.2, 0.25) is 0 Å². The van der Waals surface area contributed by atoms with Crippen molar-refractivity contribution in [2.75, 3.05) is 6.61 Å². The van der Waals surface area contributed by atoms with Crippen LogP contribution in [0.4, 0.5) is 0 Å². The molecule has 26 heavy (non-hydrogen) atoms. The van der Waals surface area contributed by atoms with E-state index in [0.717, 1.165) is 4.57 Å². The summed E-state index contributed by atoms with van der Waals surface area (Å²) in [6.45, 7) is 0.0813. The highest BCUT2D eigenvalue weighted by molar-refractivity contribution is 9.10. The minimum absolute atomic E-state index is 0.0137. The maximum atomic E-state index is 12.5. The highest BCUT2D eigenvalue weighted by Crippen LogP contribution is 2.18. The standard InChI is InChI=1S/C16H16BrClN4O4/c1-20-13-12(14(24)21(2)16(20)25)22(15(17)19-13)7-10(23)8-26-11-5-3-9(18)4-6-11/h3-6,10,23H,7-8H2,1-2H3. The number of aryl methyl sites for hydroxylation is 1. The number of aliphatic hydroxyl groups is 1. The van der Waals surface area contributed by atoms with Gasteiger partial charge in [0.15, 0.2) is 15.9 Å². The Kier molecular flexibility index (Phi) is 5.22. The molecule has 2 heterocycles. The van der Waals surface area contributed by atoms with Crippen molar-refractivity contribution in [3.05, 3.63) is 54.9 Å². The van der Waals surface area contributed by atoms with E-state index >= 15 is 0 Å². The molecule has 1 N–H and O–H groups in total. The first kappa shape index (κ1) is 18.7. The van der Waals surface area contributed by atoms with Crippen molar-refractivity contribution in [2.45, 2.75) is 12.6 Å². The Morgan fingerprint density at radius 3 is 2.54 bits per heavy atom.